The van der Waals surface area contributed by atoms with Crippen LogP contribution in [0, 0.1) is 0 Å². The number of nitrogens with zero attached hydrogens (tertiary/aromatic N) is 2. The largest absolute Gasteiger partial charge is 0.497 e. The van der Waals surface area contributed by atoms with Gasteiger partial charge in [-0.25, -0.2) is 9.48 Å². The number of carbonyl (C=O) groups excluding carboxylic acids is 3. The first-order valence-electron chi connectivity index (χ1n) is 10.9. The molecule has 0 radical (unpaired) electrons. The Morgan fingerprint density at radius 2 is 1.61 bits per heavy atom. The maximum atomic E-state index is 13.0. The molecular formula is C27H23N3O6. The Labute approximate surface area is 207 Å². The van der Waals surface area contributed by atoms with Gasteiger partial charge in [-0.2, -0.15) is 5.10 Å². The van der Waals surface area contributed by atoms with Crippen LogP contribution in [-0.2, 0) is 9.53 Å². The van der Waals surface area contributed by atoms with E-state index in [1.54, 1.807) is 54.3 Å². The van der Waals surface area contributed by atoms with Crippen LogP contribution in [0.2, 0.25) is 0 Å². The van der Waals surface area contributed by atoms with E-state index in [0.717, 1.165) is 5.69 Å². The van der Waals surface area contributed by atoms with E-state index in [-0.39, 0.29) is 11.1 Å². The number of benzene rings is 3. The van der Waals surface area contributed by atoms with Gasteiger partial charge in [0.1, 0.15) is 22.8 Å². The average molecular weight is 485 g/mol. The van der Waals surface area contributed by atoms with E-state index in [2.05, 4.69) is 10.4 Å². The van der Waals surface area contributed by atoms with E-state index < -0.39 is 24.4 Å². The number of rotatable bonds is 8. The van der Waals surface area contributed by atoms with Crippen LogP contribution >= 0.6 is 0 Å². The minimum Gasteiger partial charge on any atom is -0.497 e. The molecule has 2 amide bonds. The molecule has 0 aliphatic rings. The molecule has 36 heavy (non-hydrogen) atoms. The molecule has 0 aliphatic carbocycles. The lowest BCUT2D eigenvalue weighted by Crippen LogP contribution is -2.34. The van der Waals surface area contributed by atoms with Gasteiger partial charge in [0.2, 0.25) is 0 Å². The van der Waals surface area contributed by atoms with Crippen LogP contribution in [0.5, 0.6) is 11.5 Å². The predicted molar refractivity (Wildman–Crippen MR) is 131 cm³/mol. The van der Waals surface area contributed by atoms with Gasteiger partial charge in [0, 0.05) is 11.8 Å². The van der Waals surface area contributed by atoms with Gasteiger partial charge < -0.3 is 14.2 Å². The topological polar surface area (TPSA) is 109 Å². The van der Waals surface area contributed by atoms with Gasteiger partial charge in [-0.15, -0.1) is 0 Å². The number of carbonyl (C=O) groups is 3. The third-order valence-electron chi connectivity index (χ3n) is 5.24. The maximum absolute atomic E-state index is 13.0. The molecule has 0 fully saturated rings. The number of esters is 1. The zero-order valence-corrected chi connectivity index (χ0v) is 19.6. The van der Waals surface area contributed by atoms with Crippen LogP contribution in [-0.4, -0.2) is 48.4 Å². The van der Waals surface area contributed by atoms with Gasteiger partial charge in [-0.3, -0.25) is 14.9 Å². The van der Waals surface area contributed by atoms with Crippen molar-refractivity contribution in [3.63, 3.8) is 0 Å². The molecule has 1 N–H and O–H groups in total. The van der Waals surface area contributed by atoms with Crippen molar-refractivity contribution in [1.29, 1.82) is 0 Å². The Kier molecular flexibility index (Phi) is 7.40. The fraction of sp³-hybridized carbons (Fsp3) is 0.111. The molecule has 0 aliphatic heterocycles. The number of nitrogens with one attached hydrogen (secondary N) is 1. The third kappa shape index (κ3) is 5.41. The summed E-state index contributed by atoms with van der Waals surface area (Å²) in [5.74, 6) is -1.30. The summed E-state index contributed by atoms with van der Waals surface area (Å²) in [5, 5.41) is 6.77. The normalized spacial score (nSPS) is 10.4. The number of aromatic nitrogens is 2. The van der Waals surface area contributed by atoms with E-state index in [9.17, 15) is 14.4 Å². The summed E-state index contributed by atoms with van der Waals surface area (Å²) in [6.45, 7) is -0.659. The van der Waals surface area contributed by atoms with Crippen LogP contribution in [0.4, 0.5) is 0 Å². The number of amides is 2. The number of ether oxygens (including phenoxy) is 3. The lowest BCUT2D eigenvalue weighted by Gasteiger charge is -2.09. The monoisotopic (exact) mass is 485 g/mol. The van der Waals surface area contributed by atoms with Gasteiger partial charge in [0.15, 0.2) is 6.61 Å². The minimum absolute atomic E-state index is 0.149. The van der Waals surface area contributed by atoms with Gasteiger partial charge in [-0.1, -0.05) is 42.5 Å². The van der Waals surface area contributed by atoms with Crippen molar-refractivity contribution in [2.45, 2.75) is 0 Å². The summed E-state index contributed by atoms with van der Waals surface area (Å²) in [6, 6.07) is 22.8. The van der Waals surface area contributed by atoms with Crippen LogP contribution < -0.4 is 14.8 Å². The SMILES string of the molecule is COc1cccc(-c2nn(-c3ccccc3)cc2C(=O)OCC(=O)NC(=O)c2ccccc2OC)c1. The number of hydrogen-bond donors (Lipinski definition) is 1. The number of methoxy groups -OCH3 is 2. The van der Waals surface area contributed by atoms with E-state index in [0.29, 0.717) is 22.8 Å². The van der Waals surface area contributed by atoms with Crippen molar-refractivity contribution in [3.8, 4) is 28.4 Å². The maximum Gasteiger partial charge on any atom is 0.342 e. The highest BCUT2D eigenvalue weighted by Gasteiger charge is 2.22. The molecular weight excluding hydrogens is 462 g/mol. The van der Waals surface area contributed by atoms with Crippen LogP contribution in [0.1, 0.15) is 20.7 Å². The predicted octanol–water partition coefficient (Wildman–Crippen LogP) is 3.67. The first-order valence-corrected chi connectivity index (χ1v) is 10.9. The average Bonchev–Trinajstić information content (AvgIpc) is 3.38. The zero-order chi connectivity index (χ0) is 25.5. The summed E-state index contributed by atoms with van der Waals surface area (Å²) in [4.78, 5) is 37.8. The van der Waals surface area contributed by atoms with Gasteiger partial charge in [0.25, 0.3) is 11.8 Å². The molecule has 0 saturated heterocycles. The van der Waals surface area contributed by atoms with E-state index in [1.807, 2.05) is 30.3 Å². The fourth-order valence-corrected chi connectivity index (χ4v) is 3.49. The van der Waals surface area contributed by atoms with Crippen molar-refractivity contribution in [3.05, 3.63) is 96.2 Å². The Balaban J connectivity index is 1.53. The second kappa shape index (κ2) is 11.0. The molecule has 4 rings (SSSR count). The van der Waals surface area contributed by atoms with Gasteiger partial charge in [0.05, 0.1) is 25.5 Å². The lowest BCUT2D eigenvalue weighted by molar-refractivity contribution is -0.123. The van der Waals surface area contributed by atoms with Crippen LogP contribution in [0.15, 0.2) is 85.1 Å². The van der Waals surface area contributed by atoms with Crippen molar-refractivity contribution in [2.24, 2.45) is 0 Å². The summed E-state index contributed by atoms with van der Waals surface area (Å²) in [5.41, 5.74) is 2.06. The molecule has 1 heterocycles. The fourth-order valence-electron chi connectivity index (χ4n) is 3.49. The van der Waals surface area contributed by atoms with E-state index in [4.69, 9.17) is 14.2 Å². The van der Waals surface area contributed by atoms with Crippen molar-refractivity contribution in [2.75, 3.05) is 20.8 Å². The highest BCUT2D eigenvalue weighted by atomic mass is 16.5. The molecule has 9 nitrogen and oxygen atoms in total. The number of imide groups is 1. The minimum atomic E-state index is -0.780. The Hall–Kier alpha value is -4.92. The highest BCUT2D eigenvalue weighted by molar-refractivity contribution is 6.07. The molecule has 4 aromatic rings. The standard InChI is InChI=1S/C27H23N3O6/c1-34-20-12-8-9-18(15-20)25-22(16-30(29-25)19-10-4-3-5-11-19)27(33)36-17-24(31)28-26(32)21-13-6-7-14-23(21)35-2/h3-16H,17H2,1-2H3,(H,28,31,32). The molecule has 0 spiro atoms. The van der Waals surface area contributed by atoms with Crippen LogP contribution in [0.25, 0.3) is 16.9 Å². The number of para-hydroxylation sites is 2. The molecule has 0 saturated carbocycles. The first kappa shape index (κ1) is 24.2. The summed E-state index contributed by atoms with van der Waals surface area (Å²) >= 11 is 0. The second-order valence-electron chi connectivity index (χ2n) is 7.56. The summed E-state index contributed by atoms with van der Waals surface area (Å²) in [7, 11) is 2.97. The lowest BCUT2D eigenvalue weighted by atomic mass is 10.1. The zero-order valence-electron chi connectivity index (χ0n) is 19.6. The molecule has 0 atom stereocenters. The highest BCUT2D eigenvalue weighted by Crippen LogP contribution is 2.27. The quantitative estimate of drug-likeness (QED) is 0.379. The number of hydrogen-bond acceptors (Lipinski definition) is 7. The van der Waals surface area contributed by atoms with Crippen molar-refractivity contribution < 1.29 is 28.6 Å². The first-order chi connectivity index (χ1) is 17.5. The molecule has 182 valence electrons. The van der Waals surface area contributed by atoms with Crippen molar-refractivity contribution >= 4 is 17.8 Å². The molecule has 3 aromatic carbocycles. The Morgan fingerprint density at radius 1 is 0.861 bits per heavy atom. The molecule has 0 unspecified atom stereocenters. The summed E-state index contributed by atoms with van der Waals surface area (Å²) < 4.78 is 17.2. The Bertz CT molecular complexity index is 1400. The van der Waals surface area contributed by atoms with E-state index >= 15 is 0 Å². The molecule has 1 aromatic heterocycles. The Morgan fingerprint density at radius 3 is 2.36 bits per heavy atom. The second-order valence-corrected chi connectivity index (χ2v) is 7.56. The molecule has 9 heteroatoms. The van der Waals surface area contributed by atoms with E-state index in [1.165, 1.54) is 19.4 Å². The van der Waals surface area contributed by atoms with Crippen LogP contribution in [0.3, 0.4) is 0 Å². The summed E-state index contributed by atoms with van der Waals surface area (Å²) in [6.07, 6.45) is 1.53. The smallest absolute Gasteiger partial charge is 0.342 e. The van der Waals surface area contributed by atoms with Crippen molar-refractivity contribution in [1.82, 2.24) is 15.1 Å². The molecule has 0 bridgehead atoms. The van der Waals surface area contributed by atoms with Gasteiger partial charge >= 0.3 is 5.97 Å². The van der Waals surface area contributed by atoms with Gasteiger partial charge in [-0.05, 0) is 36.4 Å². The third-order valence-corrected chi connectivity index (χ3v) is 5.24.